The molecule has 1 aromatic carbocycles. The lowest BCUT2D eigenvalue weighted by Gasteiger charge is -2.08. The van der Waals surface area contributed by atoms with E-state index in [1.54, 1.807) is 18.2 Å². The molecule has 0 atom stereocenters. The molecule has 0 aliphatic heterocycles. The first kappa shape index (κ1) is 14.8. The fourth-order valence-electron chi connectivity index (χ4n) is 1.88. The highest BCUT2D eigenvalue weighted by molar-refractivity contribution is 6.04. The Morgan fingerprint density at radius 1 is 1.29 bits per heavy atom. The summed E-state index contributed by atoms with van der Waals surface area (Å²) in [5, 5.41) is 2.79. The van der Waals surface area contributed by atoms with E-state index < -0.39 is 0 Å². The quantitative estimate of drug-likeness (QED) is 0.829. The molecule has 3 N–H and O–H groups in total. The molecule has 2 rings (SSSR count). The van der Waals surface area contributed by atoms with Crippen LogP contribution in [-0.4, -0.2) is 17.4 Å². The predicted molar refractivity (Wildman–Crippen MR) is 84.0 cm³/mol. The van der Waals surface area contributed by atoms with Crippen LogP contribution in [0, 0.1) is 25.7 Å². The molecule has 0 bridgehead atoms. The lowest BCUT2D eigenvalue weighted by atomic mass is 10.1. The predicted octanol–water partition coefficient (Wildman–Crippen LogP) is 2.26. The van der Waals surface area contributed by atoms with Gasteiger partial charge < -0.3 is 11.1 Å². The van der Waals surface area contributed by atoms with E-state index in [9.17, 15) is 4.79 Å². The fraction of sp³-hybridized carbons (Fsp3) is 0.176. The molecule has 0 radical (unpaired) electrons. The molecule has 1 aromatic heterocycles. The second kappa shape index (κ2) is 6.69. The Hall–Kier alpha value is -2.64. The number of nitrogens with two attached hydrogens (primary N) is 1. The van der Waals surface area contributed by atoms with Gasteiger partial charge in [0.1, 0.15) is 11.5 Å². The number of pyridine rings is 1. The molecule has 0 saturated carbocycles. The van der Waals surface area contributed by atoms with Crippen molar-refractivity contribution in [2.75, 3.05) is 11.9 Å². The van der Waals surface area contributed by atoms with Crippen LogP contribution in [0.15, 0.2) is 36.4 Å². The maximum Gasteiger partial charge on any atom is 0.257 e. The summed E-state index contributed by atoms with van der Waals surface area (Å²) < 4.78 is 0. The van der Waals surface area contributed by atoms with Gasteiger partial charge >= 0.3 is 0 Å². The standard InChI is InChI=1S/C17H17N3O/c1-12-8-9-13(2)15(11-12)17(21)20-16-7-3-5-14(19-16)6-4-10-18/h3,5,7-9,11H,10,18H2,1-2H3,(H,19,20,21). The van der Waals surface area contributed by atoms with Crippen molar-refractivity contribution in [2.45, 2.75) is 13.8 Å². The third kappa shape index (κ3) is 3.91. The SMILES string of the molecule is Cc1ccc(C)c(C(=O)Nc2cccc(C#CCN)n2)c1. The van der Waals surface area contributed by atoms with Crippen molar-refractivity contribution in [1.29, 1.82) is 0 Å². The third-order valence-corrected chi connectivity index (χ3v) is 2.95. The number of carbonyl (C=O) groups excluding carboxylic acids is 1. The molecular weight excluding hydrogens is 262 g/mol. The number of aromatic nitrogens is 1. The van der Waals surface area contributed by atoms with E-state index in [1.165, 1.54) is 0 Å². The van der Waals surface area contributed by atoms with E-state index in [2.05, 4.69) is 22.1 Å². The van der Waals surface area contributed by atoms with Gasteiger partial charge in [0.2, 0.25) is 0 Å². The van der Waals surface area contributed by atoms with Crippen LogP contribution < -0.4 is 11.1 Å². The number of benzene rings is 1. The van der Waals surface area contributed by atoms with Crippen LogP contribution >= 0.6 is 0 Å². The number of nitrogens with zero attached hydrogens (tertiary/aromatic N) is 1. The molecule has 106 valence electrons. The summed E-state index contributed by atoms with van der Waals surface area (Å²) in [6, 6.07) is 11.1. The van der Waals surface area contributed by atoms with Crippen molar-refractivity contribution in [3.05, 3.63) is 58.8 Å². The van der Waals surface area contributed by atoms with E-state index in [-0.39, 0.29) is 12.5 Å². The minimum Gasteiger partial charge on any atom is -0.320 e. The highest BCUT2D eigenvalue weighted by Crippen LogP contribution is 2.13. The van der Waals surface area contributed by atoms with Gasteiger partial charge in [-0.05, 0) is 43.5 Å². The van der Waals surface area contributed by atoms with Crippen LogP contribution in [0.3, 0.4) is 0 Å². The molecule has 0 saturated heterocycles. The van der Waals surface area contributed by atoms with Crippen molar-refractivity contribution in [3.8, 4) is 11.8 Å². The molecule has 21 heavy (non-hydrogen) atoms. The van der Waals surface area contributed by atoms with Crippen LogP contribution in [0.2, 0.25) is 0 Å². The second-order valence-corrected chi connectivity index (χ2v) is 4.69. The van der Waals surface area contributed by atoms with Crippen LogP contribution in [0.25, 0.3) is 0 Å². The highest BCUT2D eigenvalue weighted by Gasteiger charge is 2.10. The largest absolute Gasteiger partial charge is 0.320 e. The third-order valence-electron chi connectivity index (χ3n) is 2.95. The number of amides is 1. The molecule has 0 spiro atoms. The number of carbonyl (C=O) groups is 1. The van der Waals surface area contributed by atoms with Crippen LogP contribution in [-0.2, 0) is 0 Å². The van der Waals surface area contributed by atoms with E-state index >= 15 is 0 Å². The van der Waals surface area contributed by atoms with E-state index in [4.69, 9.17) is 5.73 Å². The zero-order valence-electron chi connectivity index (χ0n) is 12.1. The number of aryl methyl sites for hydroxylation is 2. The van der Waals surface area contributed by atoms with Crippen molar-refractivity contribution in [1.82, 2.24) is 4.98 Å². The lowest BCUT2D eigenvalue weighted by molar-refractivity contribution is 0.102. The molecule has 4 heteroatoms. The van der Waals surface area contributed by atoms with Crippen molar-refractivity contribution < 1.29 is 4.79 Å². The summed E-state index contributed by atoms with van der Waals surface area (Å²) in [5.74, 6) is 5.88. The van der Waals surface area contributed by atoms with Gasteiger partial charge in [-0.15, -0.1) is 0 Å². The molecule has 2 aromatic rings. The monoisotopic (exact) mass is 279 g/mol. The molecule has 1 amide bonds. The summed E-state index contributed by atoms with van der Waals surface area (Å²) >= 11 is 0. The van der Waals surface area contributed by atoms with Gasteiger partial charge in [-0.2, -0.15) is 0 Å². The zero-order chi connectivity index (χ0) is 15.2. The number of hydrogen-bond donors (Lipinski definition) is 2. The highest BCUT2D eigenvalue weighted by atomic mass is 16.1. The minimum atomic E-state index is -0.173. The molecule has 1 heterocycles. The van der Waals surface area contributed by atoms with Gasteiger partial charge in [0.15, 0.2) is 0 Å². The van der Waals surface area contributed by atoms with Gasteiger partial charge in [-0.25, -0.2) is 4.98 Å². The summed E-state index contributed by atoms with van der Waals surface area (Å²) in [6.45, 7) is 4.14. The van der Waals surface area contributed by atoms with Crippen LogP contribution in [0.4, 0.5) is 5.82 Å². The average molecular weight is 279 g/mol. The maximum absolute atomic E-state index is 12.3. The first-order valence-electron chi connectivity index (χ1n) is 6.65. The average Bonchev–Trinajstić information content (AvgIpc) is 2.48. The number of nitrogens with one attached hydrogen (secondary N) is 1. The Kier molecular flexibility index (Phi) is 4.70. The molecule has 0 aliphatic carbocycles. The number of anilines is 1. The minimum absolute atomic E-state index is 0.173. The number of rotatable bonds is 2. The van der Waals surface area contributed by atoms with Crippen LogP contribution in [0.5, 0.6) is 0 Å². The Morgan fingerprint density at radius 2 is 2.10 bits per heavy atom. The van der Waals surface area contributed by atoms with Gasteiger partial charge in [-0.1, -0.05) is 29.7 Å². The fourth-order valence-corrected chi connectivity index (χ4v) is 1.88. The van der Waals surface area contributed by atoms with Gasteiger partial charge in [0.05, 0.1) is 6.54 Å². The Balaban J connectivity index is 2.21. The smallest absolute Gasteiger partial charge is 0.257 e. The molecule has 0 aliphatic rings. The Bertz CT molecular complexity index is 726. The van der Waals surface area contributed by atoms with Crippen molar-refractivity contribution in [2.24, 2.45) is 5.73 Å². The van der Waals surface area contributed by atoms with Gasteiger partial charge in [0.25, 0.3) is 5.91 Å². The number of hydrogen-bond acceptors (Lipinski definition) is 3. The van der Waals surface area contributed by atoms with Crippen molar-refractivity contribution >= 4 is 11.7 Å². The lowest BCUT2D eigenvalue weighted by Crippen LogP contribution is -2.14. The topological polar surface area (TPSA) is 68.0 Å². The summed E-state index contributed by atoms with van der Waals surface area (Å²) in [4.78, 5) is 16.6. The maximum atomic E-state index is 12.3. The molecule has 0 unspecified atom stereocenters. The Labute approximate surface area is 124 Å². The van der Waals surface area contributed by atoms with E-state index in [1.807, 2.05) is 32.0 Å². The summed E-state index contributed by atoms with van der Waals surface area (Å²) in [6.07, 6.45) is 0. The molecule has 0 fully saturated rings. The molecule has 4 nitrogen and oxygen atoms in total. The van der Waals surface area contributed by atoms with E-state index in [0.717, 1.165) is 11.1 Å². The zero-order valence-corrected chi connectivity index (χ0v) is 12.1. The summed E-state index contributed by atoms with van der Waals surface area (Å²) in [5.41, 5.74) is 8.53. The first-order chi connectivity index (χ1) is 10.1. The van der Waals surface area contributed by atoms with Crippen molar-refractivity contribution in [3.63, 3.8) is 0 Å². The van der Waals surface area contributed by atoms with Gasteiger partial charge in [-0.3, -0.25) is 4.79 Å². The first-order valence-corrected chi connectivity index (χ1v) is 6.65. The molecular formula is C17H17N3O. The second-order valence-electron chi connectivity index (χ2n) is 4.69. The van der Waals surface area contributed by atoms with Gasteiger partial charge in [0, 0.05) is 5.56 Å². The van der Waals surface area contributed by atoms with E-state index in [0.29, 0.717) is 17.1 Å². The Morgan fingerprint density at radius 3 is 2.86 bits per heavy atom. The summed E-state index contributed by atoms with van der Waals surface area (Å²) in [7, 11) is 0. The van der Waals surface area contributed by atoms with Crippen LogP contribution in [0.1, 0.15) is 27.2 Å². The normalized spacial score (nSPS) is 9.67.